The van der Waals surface area contributed by atoms with E-state index in [4.69, 9.17) is 14.2 Å². The van der Waals surface area contributed by atoms with Gasteiger partial charge in [0.2, 0.25) is 0 Å². The van der Waals surface area contributed by atoms with Crippen molar-refractivity contribution in [2.24, 2.45) is 0 Å². The number of aliphatic hydroxyl groups is 1. The Bertz CT molecular complexity index is 524. The Balaban J connectivity index is 1.86. The molecule has 5 heteroatoms. The number of morpholine rings is 1. The lowest BCUT2D eigenvalue weighted by atomic mass is 10.1. The molecule has 1 aliphatic heterocycles. The monoisotopic (exact) mass is 336 g/mol. The number of aliphatic hydroxyl groups excluding tert-OH is 1. The van der Waals surface area contributed by atoms with Gasteiger partial charge in [-0.1, -0.05) is 12.1 Å². The summed E-state index contributed by atoms with van der Waals surface area (Å²) >= 11 is 0. The summed E-state index contributed by atoms with van der Waals surface area (Å²) in [7, 11) is 1.62. The summed E-state index contributed by atoms with van der Waals surface area (Å²) in [5, 5.41) is 10.3. The van der Waals surface area contributed by atoms with Gasteiger partial charge in [-0.2, -0.15) is 0 Å². The lowest BCUT2D eigenvalue weighted by Gasteiger charge is -2.33. The standard InChI is InChI=1S/C19H29NO4/c1-5-6-16-7-8-18(19(9-16)22-4)23-13-17(21)12-20-10-14(2)24-15(3)11-20/h5,7-9,14-15,17,21H,1,6,10-13H2,2-4H3/p+1/t14-,15-,17+/m1/s1. The van der Waals surface area contributed by atoms with Crippen LogP contribution < -0.4 is 14.4 Å². The second-order valence-electron chi connectivity index (χ2n) is 6.56. The van der Waals surface area contributed by atoms with E-state index in [1.807, 2.05) is 24.3 Å². The lowest BCUT2D eigenvalue weighted by molar-refractivity contribution is -0.918. The Hall–Kier alpha value is -1.56. The SMILES string of the molecule is C=CCc1ccc(OC[C@@H](O)C[NH+]2C[C@@H](C)O[C@H](C)C2)c(OC)c1. The fourth-order valence-electron chi connectivity index (χ4n) is 3.26. The highest BCUT2D eigenvalue weighted by Crippen LogP contribution is 2.28. The van der Waals surface area contributed by atoms with Gasteiger partial charge in [-0.05, 0) is 38.0 Å². The third-order valence-electron chi connectivity index (χ3n) is 4.18. The molecular weight excluding hydrogens is 306 g/mol. The molecule has 1 saturated heterocycles. The van der Waals surface area contributed by atoms with Crippen LogP contribution in [0.25, 0.3) is 0 Å². The normalized spacial score (nSPS) is 25.1. The van der Waals surface area contributed by atoms with E-state index < -0.39 is 6.10 Å². The molecule has 0 amide bonds. The molecule has 0 aliphatic carbocycles. The van der Waals surface area contributed by atoms with Crippen molar-refractivity contribution >= 4 is 0 Å². The minimum absolute atomic E-state index is 0.231. The van der Waals surface area contributed by atoms with Crippen LogP contribution in [0.3, 0.4) is 0 Å². The maximum absolute atomic E-state index is 10.3. The Morgan fingerprint density at radius 1 is 1.33 bits per heavy atom. The van der Waals surface area contributed by atoms with Crippen molar-refractivity contribution in [1.82, 2.24) is 0 Å². The van der Waals surface area contributed by atoms with Crippen LogP contribution >= 0.6 is 0 Å². The molecule has 24 heavy (non-hydrogen) atoms. The van der Waals surface area contributed by atoms with Gasteiger partial charge in [0, 0.05) is 0 Å². The molecule has 0 unspecified atom stereocenters. The summed E-state index contributed by atoms with van der Waals surface area (Å²) in [5.41, 5.74) is 1.12. The summed E-state index contributed by atoms with van der Waals surface area (Å²) in [5.74, 6) is 1.34. The van der Waals surface area contributed by atoms with E-state index in [2.05, 4.69) is 20.4 Å². The van der Waals surface area contributed by atoms with Crippen LogP contribution in [0.15, 0.2) is 30.9 Å². The van der Waals surface area contributed by atoms with Crippen LogP contribution in [0.4, 0.5) is 0 Å². The van der Waals surface area contributed by atoms with Gasteiger partial charge in [0.15, 0.2) is 11.5 Å². The second kappa shape index (κ2) is 9.06. The fraction of sp³-hybridized carbons (Fsp3) is 0.579. The molecule has 0 radical (unpaired) electrons. The summed E-state index contributed by atoms with van der Waals surface area (Å²) in [6.45, 7) is 10.6. The molecule has 5 nitrogen and oxygen atoms in total. The van der Waals surface area contributed by atoms with Crippen LogP contribution in [-0.2, 0) is 11.2 Å². The maximum Gasteiger partial charge on any atom is 0.161 e. The van der Waals surface area contributed by atoms with Crippen molar-refractivity contribution in [2.75, 3.05) is 33.4 Å². The average molecular weight is 336 g/mol. The molecule has 0 spiro atoms. The fourth-order valence-corrected chi connectivity index (χ4v) is 3.26. The predicted octanol–water partition coefficient (Wildman–Crippen LogP) is 0.856. The highest BCUT2D eigenvalue weighted by molar-refractivity contribution is 5.43. The molecule has 1 aromatic carbocycles. The van der Waals surface area contributed by atoms with Crippen molar-refractivity contribution < 1.29 is 24.2 Å². The number of nitrogens with one attached hydrogen (secondary N) is 1. The summed E-state index contributed by atoms with van der Waals surface area (Å²) in [6.07, 6.45) is 2.58. The molecule has 0 aromatic heterocycles. The predicted molar refractivity (Wildman–Crippen MR) is 94.0 cm³/mol. The van der Waals surface area contributed by atoms with Gasteiger partial charge in [0.25, 0.3) is 0 Å². The van der Waals surface area contributed by atoms with Crippen LogP contribution in [0.5, 0.6) is 11.5 Å². The number of rotatable bonds is 8. The van der Waals surface area contributed by atoms with E-state index in [0.717, 1.165) is 25.1 Å². The largest absolute Gasteiger partial charge is 0.493 e. The number of methoxy groups -OCH3 is 1. The molecule has 0 saturated carbocycles. The van der Waals surface area contributed by atoms with Crippen molar-refractivity contribution in [2.45, 2.75) is 38.6 Å². The van der Waals surface area contributed by atoms with Crippen LogP contribution in [0.2, 0.25) is 0 Å². The zero-order valence-corrected chi connectivity index (χ0v) is 15.0. The molecule has 2 rings (SSSR count). The highest BCUT2D eigenvalue weighted by Gasteiger charge is 2.27. The zero-order valence-electron chi connectivity index (χ0n) is 15.0. The molecular formula is C19H30NO4+. The number of allylic oxidation sites excluding steroid dienone is 1. The third kappa shape index (κ3) is 5.51. The smallest absolute Gasteiger partial charge is 0.161 e. The summed E-state index contributed by atoms with van der Waals surface area (Å²) < 4.78 is 16.9. The lowest BCUT2D eigenvalue weighted by Crippen LogP contribution is -3.16. The van der Waals surface area contributed by atoms with E-state index in [1.54, 1.807) is 7.11 Å². The number of hydrogen-bond acceptors (Lipinski definition) is 4. The van der Waals surface area contributed by atoms with Crippen LogP contribution in [-0.4, -0.2) is 56.8 Å². The van der Waals surface area contributed by atoms with Gasteiger partial charge in [-0.3, -0.25) is 0 Å². The third-order valence-corrected chi connectivity index (χ3v) is 4.18. The highest BCUT2D eigenvalue weighted by atomic mass is 16.5. The first-order chi connectivity index (χ1) is 11.5. The van der Waals surface area contributed by atoms with Crippen molar-refractivity contribution in [1.29, 1.82) is 0 Å². The first-order valence-corrected chi connectivity index (χ1v) is 8.59. The van der Waals surface area contributed by atoms with Crippen molar-refractivity contribution in [3.63, 3.8) is 0 Å². The Kier molecular flexibility index (Phi) is 7.09. The van der Waals surface area contributed by atoms with Gasteiger partial charge in [-0.15, -0.1) is 6.58 Å². The van der Waals surface area contributed by atoms with E-state index >= 15 is 0 Å². The molecule has 1 fully saturated rings. The van der Waals surface area contributed by atoms with Crippen LogP contribution in [0.1, 0.15) is 19.4 Å². The molecule has 1 heterocycles. The zero-order chi connectivity index (χ0) is 17.5. The number of hydrogen-bond donors (Lipinski definition) is 2. The Morgan fingerprint density at radius 3 is 2.67 bits per heavy atom. The quantitative estimate of drug-likeness (QED) is 0.691. The van der Waals surface area contributed by atoms with Gasteiger partial charge in [0.1, 0.15) is 44.6 Å². The minimum atomic E-state index is -0.518. The Morgan fingerprint density at radius 2 is 2.04 bits per heavy atom. The maximum atomic E-state index is 10.3. The molecule has 134 valence electrons. The summed E-state index contributed by atoms with van der Waals surface area (Å²) in [6, 6.07) is 5.82. The van der Waals surface area contributed by atoms with Gasteiger partial charge in [-0.25, -0.2) is 0 Å². The average Bonchev–Trinajstić information content (AvgIpc) is 2.52. The van der Waals surface area contributed by atoms with Crippen LogP contribution in [0, 0.1) is 0 Å². The number of benzene rings is 1. The van der Waals surface area contributed by atoms with Crippen molar-refractivity contribution in [3.05, 3.63) is 36.4 Å². The minimum Gasteiger partial charge on any atom is -0.493 e. The van der Waals surface area contributed by atoms with E-state index in [1.165, 1.54) is 4.90 Å². The molecule has 1 aliphatic rings. The molecule has 3 atom stereocenters. The van der Waals surface area contributed by atoms with E-state index in [9.17, 15) is 5.11 Å². The molecule has 1 aromatic rings. The van der Waals surface area contributed by atoms with E-state index in [0.29, 0.717) is 18.0 Å². The molecule has 0 bridgehead atoms. The molecule has 2 N–H and O–H groups in total. The first kappa shape index (κ1) is 18.8. The van der Waals surface area contributed by atoms with Gasteiger partial charge < -0.3 is 24.2 Å². The number of quaternary nitrogens is 1. The van der Waals surface area contributed by atoms with Gasteiger partial charge in [0.05, 0.1) is 7.11 Å². The van der Waals surface area contributed by atoms with E-state index in [-0.39, 0.29) is 18.8 Å². The topological polar surface area (TPSA) is 52.4 Å². The van der Waals surface area contributed by atoms with Crippen molar-refractivity contribution in [3.8, 4) is 11.5 Å². The van der Waals surface area contributed by atoms with Gasteiger partial charge >= 0.3 is 0 Å². The number of ether oxygens (including phenoxy) is 3. The summed E-state index contributed by atoms with van der Waals surface area (Å²) in [4.78, 5) is 1.35. The first-order valence-electron chi connectivity index (χ1n) is 8.59. The second-order valence-corrected chi connectivity index (χ2v) is 6.56. The Labute approximate surface area is 144 Å².